The normalized spacial score (nSPS) is 21.9. The molecule has 14 nitrogen and oxygen atoms in total. The van der Waals surface area contributed by atoms with Crippen LogP contribution in [0.4, 0.5) is 4.39 Å². The SMILES string of the molecule is Cc1cc(-n2nc3c(c2-n2ccn(-c4ccc5c(c4)CCOC5(C)C)c2=O)[C@H](C)N(C(=O)c2cc4cc(C5CCOCC5)ccc4n2[C@@]2(c4noc(=O)[nH]4)C[C@@H]2C)CC3)cc(C)c1F. The standard InChI is InChI=1S/C49H51FN8O6/c1-27-21-36(22-28(2)42(27)50)58-43(56-17-16-55(47(56)61)35-8-9-37-33(24-35)14-20-63-48(37,5)6)41-30(4)54(15-11-38(41)52-58)44(59)40-25-34-23-32(31-12-18-62-19-13-31)7-10-39(34)57(40)49(26-29(49)3)45-51-46(60)64-53-45/h7-10,16-17,21-25,29-31H,11-15,18-20,26H2,1-6H3,(H,51,53,60)/t29-,30-,49-/m0/s1. The van der Waals surface area contributed by atoms with E-state index in [2.05, 4.69) is 59.7 Å². The molecule has 2 fully saturated rings. The van der Waals surface area contributed by atoms with E-state index in [0.717, 1.165) is 58.2 Å². The summed E-state index contributed by atoms with van der Waals surface area (Å²) in [5, 5.41) is 10.2. The number of aryl methyl sites for hydroxylation is 2. The summed E-state index contributed by atoms with van der Waals surface area (Å²) >= 11 is 0. The molecule has 7 heterocycles. The van der Waals surface area contributed by atoms with Gasteiger partial charge in [0.2, 0.25) is 0 Å². The predicted molar refractivity (Wildman–Crippen MR) is 236 cm³/mol. The predicted octanol–water partition coefficient (Wildman–Crippen LogP) is 7.45. The average molecular weight is 867 g/mol. The fourth-order valence-electron chi connectivity index (χ4n) is 11.0. The minimum atomic E-state index is -0.812. The molecule has 330 valence electrons. The second-order valence-electron chi connectivity index (χ2n) is 18.7. The number of hydrogen-bond donors (Lipinski definition) is 1. The first-order valence-electron chi connectivity index (χ1n) is 22.3. The molecule has 1 saturated heterocycles. The fraction of sp³-hybridized carbons (Fsp3) is 0.408. The number of hydrogen-bond acceptors (Lipinski definition) is 8. The van der Waals surface area contributed by atoms with Gasteiger partial charge in [-0.3, -0.25) is 23.4 Å². The summed E-state index contributed by atoms with van der Waals surface area (Å²) in [6.07, 6.45) is 7.14. The molecule has 0 radical (unpaired) electrons. The minimum absolute atomic E-state index is 0.0364. The highest BCUT2D eigenvalue weighted by Crippen LogP contribution is 2.56. The van der Waals surface area contributed by atoms with Gasteiger partial charge in [-0.05, 0) is 142 Å². The number of ether oxygens (including phenoxy) is 2. The van der Waals surface area contributed by atoms with Crippen LogP contribution < -0.4 is 11.4 Å². The maximum Gasteiger partial charge on any atom is 0.438 e. The lowest BCUT2D eigenvalue weighted by Gasteiger charge is -2.34. The van der Waals surface area contributed by atoms with Crippen molar-refractivity contribution in [2.45, 2.75) is 96.7 Å². The van der Waals surface area contributed by atoms with Gasteiger partial charge < -0.3 is 18.9 Å². The Balaban J connectivity index is 1.05. The average Bonchev–Trinajstić information content (AvgIpc) is 3.78. The molecule has 1 amide bonds. The number of carbonyl (C=O) groups excluding carboxylic acids is 1. The molecule has 4 aromatic heterocycles. The van der Waals surface area contributed by atoms with Gasteiger partial charge in [0.15, 0.2) is 5.82 Å². The number of H-pyrrole nitrogens is 1. The number of aromatic nitrogens is 7. The smallest absolute Gasteiger partial charge is 0.381 e. The molecule has 3 aliphatic heterocycles. The molecule has 1 N–H and O–H groups in total. The van der Waals surface area contributed by atoms with E-state index in [1.54, 1.807) is 52.2 Å². The summed E-state index contributed by atoms with van der Waals surface area (Å²) in [5.41, 5.74) is 6.90. The van der Waals surface area contributed by atoms with Gasteiger partial charge in [0, 0.05) is 55.0 Å². The van der Waals surface area contributed by atoms with Gasteiger partial charge in [-0.1, -0.05) is 24.2 Å². The van der Waals surface area contributed by atoms with Gasteiger partial charge >= 0.3 is 11.4 Å². The molecular weight excluding hydrogens is 816 g/mol. The Morgan fingerprint density at radius 1 is 0.906 bits per heavy atom. The van der Waals surface area contributed by atoms with E-state index in [4.69, 9.17) is 19.1 Å². The van der Waals surface area contributed by atoms with Crippen molar-refractivity contribution in [3.8, 4) is 17.2 Å². The first-order valence-corrected chi connectivity index (χ1v) is 22.3. The van der Waals surface area contributed by atoms with E-state index >= 15 is 9.18 Å². The summed E-state index contributed by atoms with van der Waals surface area (Å²) < 4.78 is 38.9. The number of rotatable bonds is 7. The lowest BCUT2D eigenvalue weighted by Crippen LogP contribution is -2.41. The number of nitrogens with zero attached hydrogens (tertiary/aromatic N) is 7. The molecule has 0 spiro atoms. The number of halogens is 1. The Kier molecular flexibility index (Phi) is 9.23. The first-order chi connectivity index (χ1) is 30.7. The van der Waals surface area contributed by atoms with Gasteiger partial charge in [0.1, 0.15) is 22.9 Å². The molecule has 0 bridgehead atoms. The minimum Gasteiger partial charge on any atom is -0.381 e. The van der Waals surface area contributed by atoms with Crippen LogP contribution in [0.5, 0.6) is 0 Å². The lowest BCUT2D eigenvalue weighted by molar-refractivity contribution is -0.0314. The summed E-state index contributed by atoms with van der Waals surface area (Å²) in [7, 11) is 0. The van der Waals surface area contributed by atoms with E-state index in [1.807, 2.05) is 30.0 Å². The lowest BCUT2D eigenvalue weighted by atomic mass is 9.89. The zero-order valence-corrected chi connectivity index (χ0v) is 36.9. The molecule has 1 aliphatic carbocycles. The van der Waals surface area contributed by atoms with Crippen LogP contribution in [0.25, 0.3) is 28.1 Å². The number of carbonyl (C=O) groups is 1. The van der Waals surface area contributed by atoms with Crippen LogP contribution >= 0.6 is 0 Å². The molecule has 64 heavy (non-hydrogen) atoms. The van der Waals surface area contributed by atoms with Crippen LogP contribution in [0.15, 0.2) is 81.1 Å². The number of aromatic amines is 1. The number of nitrogens with one attached hydrogen (secondary N) is 1. The summed E-state index contributed by atoms with van der Waals surface area (Å²) in [6, 6.07) is 17.4. The monoisotopic (exact) mass is 866 g/mol. The molecule has 1 saturated carbocycles. The zero-order valence-electron chi connectivity index (χ0n) is 36.9. The maximum atomic E-state index is 15.5. The quantitative estimate of drug-likeness (QED) is 0.174. The largest absolute Gasteiger partial charge is 0.438 e. The molecule has 3 aromatic carbocycles. The molecule has 0 unspecified atom stereocenters. The Labute approximate surface area is 368 Å². The third-order valence-corrected chi connectivity index (χ3v) is 14.5. The van der Waals surface area contributed by atoms with Crippen molar-refractivity contribution in [1.29, 1.82) is 0 Å². The molecule has 4 aliphatic rings. The zero-order chi connectivity index (χ0) is 44.4. The first kappa shape index (κ1) is 40.5. The number of imidazole rings is 1. The summed E-state index contributed by atoms with van der Waals surface area (Å²) in [4.78, 5) is 47.4. The van der Waals surface area contributed by atoms with Crippen molar-refractivity contribution in [2.24, 2.45) is 5.92 Å². The van der Waals surface area contributed by atoms with Crippen LogP contribution in [0.2, 0.25) is 0 Å². The fourth-order valence-corrected chi connectivity index (χ4v) is 11.0. The molecule has 11 rings (SSSR count). The van der Waals surface area contributed by atoms with Crippen molar-refractivity contribution in [1.82, 2.24) is 38.5 Å². The number of fused-ring (bicyclic) bond motifs is 3. The van der Waals surface area contributed by atoms with Crippen molar-refractivity contribution < 1.29 is 23.2 Å². The van der Waals surface area contributed by atoms with Crippen LogP contribution in [0.3, 0.4) is 0 Å². The molecule has 7 aromatic rings. The van der Waals surface area contributed by atoms with Crippen LogP contribution in [-0.4, -0.2) is 70.8 Å². The Hall–Kier alpha value is -6.32. The van der Waals surface area contributed by atoms with Crippen molar-refractivity contribution in [3.63, 3.8) is 0 Å². The van der Waals surface area contributed by atoms with Gasteiger partial charge in [0.05, 0.1) is 35.3 Å². The topological polar surface area (TPSA) is 147 Å². The molecule has 3 atom stereocenters. The van der Waals surface area contributed by atoms with Crippen LogP contribution in [0.1, 0.15) is 114 Å². The Bertz CT molecular complexity index is 3140. The maximum absolute atomic E-state index is 15.5. The summed E-state index contributed by atoms with van der Waals surface area (Å²) in [5.74, 6) is 0.0889. The van der Waals surface area contributed by atoms with Crippen LogP contribution in [0, 0.1) is 25.6 Å². The second-order valence-corrected chi connectivity index (χ2v) is 18.7. The van der Waals surface area contributed by atoms with Gasteiger partial charge in [-0.25, -0.2) is 18.7 Å². The Morgan fingerprint density at radius 3 is 2.38 bits per heavy atom. The van der Waals surface area contributed by atoms with Crippen molar-refractivity contribution in [3.05, 3.63) is 144 Å². The van der Waals surface area contributed by atoms with E-state index in [1.165, 1.54) is 5.56 Å². The van der Waals surface area contributed by atoms with E-state index in [9.17, 15) is 9.59 Å². The highest BCUT2D eigenvalue weighted by Gasteiger charge is 2.59. The van der Waals surface area contributed by atoms with Gasteiger partial charge in [-0.15, -0.1) is 0 Å². The van der Waals surface area contributed by atoms with Crippen molar-refractivity contribution in [2.75, 3.05) is 26.4 Å². The molecular formula is C49H51FN8O6. The van der Waals surface area contributed by atoms with Crippen molar-refractivity contribution >= 4 is 16.8 Å². The summed E-state index contributed by atoms with van der Waals surface area (Å²) in [6.45, 7) is 14.0. The third kappa shape index (κ3) is 6.14. The highest BCUT2D eigenvalue weighted by atomic mass is 19.1. The van der Waals surface area contributed by atoms with E-state index < -0.39 is 22.9 Å². The molecule has 15 heteroatoms. The van der Waals surface area contributed by atoms with Gasteiger partial charge in [0.25, 0.3) is 5.91 Å². The van der Waals surface area contributed by atoms with Gasteiger partial charge in [-0.2, -0.15) is 5.10 Å². The van der Waals surface area contributed by atoms with E-state index in [0.29, 0.717) is 79.3 Å². The second kappa shape index (κ2) is 14.6. The number of amides is 1. The number of benzene rings is 3. The van der Waals surface area contributed by atoms with Crippen LogP contribution in [-0.2, 0) is 33.5 Å². The van der Waals surface area contributed by atoms with E-state index in [-0.39, 0.29) is 23.3 Å². The third-order valence-electron chi connectivity index (χ3n) is 14.5. The Morgan fingerprint density at radius 2 is 1.66 bits per heavy atom. The highest BCUT2D eigenvalue weighted by molar-refractivity contribution is 6.00.